The number of ether oxygens (including phenoxy) is 2. The van der Waals surface area contributed by atoms with Crippen LogP contribution in [0.1, 0.15) is 11.7 Å². The van der Waals surface area contributed by atoms with Crippen molar-refractivity contribution in [1.82, 2.24) is 0 Å². The molecule has 86 valence electrons. The van der Waals surface area contributed by atoms with Crippen molar-refractivity contribution in [3.63, 3.8) is 0 Å². The fourth-order valence-electron chi connectivity index (χ4n) is 1.36. The summed E-state index contributed by atoms with van der Waals surface area (Å²) in [5, 5.41) is 17.9. The van der Waals surface area contributed by atoms with Crippen LogP contribution >= 0.6 is 15.9 Å². The number of rotatable bonds is 2. The van der Waals surface area contributed by atoms with Crippen molar-refractivity contribution in [2.24, 2.45) is 0 Å². The summed E-state index contributed by atoms with van der Waals surface area (Å²) >= 11 is 2.97. The van der Waals surface area contributed by atoms with E-state index in [4.69, 9.17) is 14.6 Å². The molecular weight excluding hydrogens is 287 g/mol. The van der Waals surface area contributed by atoms with E-state index in [1.165, 1.54) is 6.07 Å². The van der Waals surface area contributed by atoms with Gasteiger partial charge in [0.2, 0.25) is 12.5 Å². The molecule has 1 atom stereocenters. The molecule has 1 aromatic rings. The molecule has 0 bridgehead atoms. The normalized spacial score (nSPS) is 14.9. The van der Waals surface area contributed by atoms with Crippen LogP contribution in [0, 0.1) is 5.82 Å². The van der Waals surface area contributed by atoms with Crippen molar-refractivity contribution in [1.29, 1.82) is 0 Å². The first-order valence-electron chi connectivity index (χ1n) is 4.20. The highest BCUT2D eigenvalue weighted by Crippen LogP contribution is 2.42. The predicted octanol–water partition coefficient (Wildman–Crippen LogP) is 1.43. The van der Waals surface area contributed by atoms with Crippen LogP contribution < -0.4 is 9.47 Å². The molecule has 0 saturated carbocycles. The van der Waals surface area contributed by atoms with E-state index >= 15 is 0 Å². The largest absolute Gasteiger partial charge is 0.479 e. The van der Waals surface area contributed by atoms with Gasteiger partial charge in [0.1, 0.15) is 0 Å². The van der Waals surface area contributed by atoms with Gasteiger partial charge in [0, 0.05) is 10.0 Å². The van der Waals surface area contributed by atoms with Crippen LogP contribution in [-0.4, -0.2) is 23.0 Å². The maximum atomic E-state index is 13.8. The van der Waals surface area contributed by atoms with Crippen molar-refractivity contribution >= 4 is 21.9 Å². The molecule has 1 aliphatic heterocycles. The van der Waals surface area contributed by atoms with Crippen molar-refractivity contribution in [3.8, 4) is 11.5 Å². The number of carboxylic acids is 1. The van der Waals surface area contributed by atoms with E-state index in [0.29, 0.717) is 0 Å². The van der Waals surface area contributed by atoms with E-state index in [-0.39, 0.29) is 28.3 Å². The first kappa shape index (κ1) is 11.2. The molecule has 0 amide bonds. The Morgan fingerprint density at radius 1 is 1.56 bits per heavy atom. The molecule has 0 saturated heterocycles. The van der Waals surface area contributed by atoms with Gasteiger partial charge in [-0.25, -0.2) is 9.18 Å². The minimum absolute atomic E-state index is 0.115. The third-order valence-corrected chi connectivity index (χ3v) is 2.76. The molecule has 1 unspecified atom stereocenters. The first-order chi connectivity index (χ1) is 7.52. The zero-order valence-corrected chi connectivity index (χ0v) is 9.32. The maximum absolute atomic E-state index is 13.8. The number of hydrogen-bond acceptors (Lipinski definition) is 4. The average molecular weight is 293 g/mol. The van der Waals surface area contributed by atoms with Crippen LogP contribution in [0.2, 0.25) is 0 Å². The molecule has 7 heteroatoms. The van der Waals surface area contributed by atoms with Gasteiger partial charge in [-0.15, -0.1) is 0 Å². The Kier molecular flexibility index (Phi) is 2.73. The van der Waals surface area contributed by atoms with Crippen LogP contribution in [0.5, 0.6) is 11.5 Å². The molecule has 0 radical (unpaired) electrons. The minimum Gasteiger partial charge on any atom is -0.479 e. The number of carboxylic acid groups (broad SMARTS) is 1. The van der Waals surface area contributed by atoms with Crippen LogP contribution in [0.4, 0.5) is 4.39 Å². The highest BCUT2D eigenvalue weighted by atomic mass is 79.9. The molecule has 0 spiro atoms. The Balaban J connectivity index is 2.58. The minimum atomic E-state index is -1.95. The lowest BCUT2D eigenvalue weighted by atomic mass is 10.1. The van der Waals surface area contributed by atoms with Gasteiger partial charge < -0.3 is 19.7 Å². The average Bonchev–Trinajstić information content (AvgIpc) is 2.65. The lowest BCUT2D eigenvalue weighted by molar-refractivity contribution is -0.147. The lowest BCUT2D eigenvalue weighted by Gasteiger charge is -2.11. The lowest BCUT2D eigenvalue weighted by Crippen LogP contribution is -2.13. The Bertz CT molecular complexity index is 462. The molecule has 2 rings (SSSR count). The number of halogens is 2. The van der Waals surface area contributed by atoms with Crippen molar-refractivity contribution in [2.75, 3.05) is 6.79 Å². The molecule has 0 aliphatic carbocycles. The van der Waals surface area contributed by atoms with Crippen molar-refractivity contribution in [3.05, 3.63) is 21.9 Å². The second-order valence-corrected chi connectivity index (χ2v) is 3.91. The molecule has 0 aromatic heterocycles. The smallest absolute Gasteiger partial charge is 0.337 e. The number of aliphatic hydroxyl groups is 1. The van der Waals surface area contributed by atoms with Gasteiger partial charge in [-0.1, -0.05) is 15.9 Å². The molecule has 1 aliphatic rings. The number of aliphatic hydroxyl groups excluding tert-OH is 1. The van der Waals surface area contributed by atoms with Gasteiger partial charge in [-0.3, -0.25) is 0 Å². The zero-order valence-electron chi connectivity index (χ0n) is 7.74. The Labute approximate surface area is 97.5 Å². The first-order valence-corrected chi connectivity index (χ1v) is 5.00. The second kappa shape index (κ2) is 3.91. The summed E-state index contributed by atoms with van der Waals surface area (Å²) in [4.78, 5) is 10.6. The van der Waals surface area contributed by atoms with E-state index in [2.05, 4.69) is 15.9 Å². The van der Waals surface area contributed by atoms with Gasteiger partial charge in [0.25, 0.3) is 0 Å². The Morgan fingerprint density at radius 3 is 2.88 bits per heavy atom. The maximum Gasteiger partial charge on any atom is 0.337 e. The second-order valence-electron chi connectivity index (χ2n) is 3.06. The number of hydrogen-bond donors (Lipinski definition) is 2. The highest BCUT2D eigenvalue weighted by molar-refractivity contribution is 9.10. The SMILES string of the molecule is O=C(O)C(O)c1c(Br)cc2c(c1F)OCO2. The van der Waals surface area contributed by atoms with E-state index in [0.717, 1.165) is 0 Å². The van der Waals surface area contributed by atoms with Crippen molar-refractivity contribution in [2.45, 2.75) is 6.10 Å². The molecule has 5 nitrogen and oxygen atoms in total. The van der Waals surface area contributed by atoms with Gasteiger partial charge >= 0.3 is 5.97 Å². The summed E-state index contributed by atoms with van der Waals surface area (Å²) in [6.45, 7) is -0.134. The van der Waals surface area contributed by atoms with Crippen LogP contribution in [-0.2, 0) is 4.79 Å². The van der Waals surface area contributed by atoms with E-state index in [9.17, 15) is 14.3 Å². The van der Waals surface area contributed by atoms with E-state index < -0.39 is 17.9 Å². The third kappa shape index (κ3) is 1.61. The third-order valence-electron chi connectivity index (χ3n) is 2.10. The fraction of sp³-hybridized carbons (Fsp3) is 0.222. The summed E-state index contributed by atoms with van der Waals surface area (Å²) in [6.07, 6.45) is -1.95. The predicted molar refractivity (Wildman–Crippen MR) is 52.8 cm³/mol. The quantitative estimate of drug-likeness (QED) is 0.862. The summed E-state index contributed by atoms with van der Waals surface area (Å²) < 4.78 is 23.7. The monoisotopic (exact) mass is 292 g/mol. The topological polar surface area (TPSA) is 76.0 Å². The highest BCUT2D eigenvalue weighted by Gasteiger charge is 2.30. The van der Waals surface area contributed by atoms with Crippen molar-refractivity contribution < 1.29 is 28.9 Å². The number of benzene rings is 1. The molecule has 2 N–H and O–H groups in total. The van der Waals surface area contributed by atoms with Gasteiger partial charge in [0.15, 0.2) is 17.7 Å². The standard InChI is InChI=1S/C9H6BrFO5/c10-3-1-4-8(16-2-15-4)6(11)5(3)7(12)9(13)14/h1,7,12H,2H2,(H,13,14). The molecule has 16 heavy (non-hydrogen) atoms. The van der Waals surface area contributed by atoms with Crippen LogP contribution in [0.25, 0.3) is 0 Å². The van der Waals surface area contributed by atoms with E-state index in [1.54, 1.807) is 0 Å². The van der Waals surface area contributed by atoms with Gasteiger partial charge in [-0.05, 0) is 6.07 Å². The molecule has 1 heterocycles. The van der Waals surface area contributed by atoms with Gasteiger partial charge in [0.05, 0.1) is 0 Å². The summed E-state index contributed by atoms with van der Waals surface area (Å²) in [7, 11) is 0. The Morgan fingerprint density at radius 2 is 2.25 bits per heavy atom. The summed E-state index contributed by atoms with van der Waals surface area (Å²) in [5.41, 5.74) is -0.378. The van der Waals surface area contributed by atoms with Crippen LogP contribution in [0.15, 0.2) is 10.5 Å². The fourth-order valence-corrected chi connectivity index (χ4v) is 1.96. The molecule has 0 fully saturated rings. The molecular formula is C9H6BrFO5. The zero-order chi connectivity index (χ0) is 11.9. The number of carbonyl (C=O) groups is 1. The Hall–Kier alpha value is -1.34. The van der Waals surface area contributed by atoms with Gasteiger partial charge in [-0.2, -0.15) is 0 Å². The van der Waals surface area contributed by atoms with E-state index in [1.807, 2.05) is 0 Å². The molecule has 1 aromatic carbocycles. The van der Waals surface area contributed by atoms with Crippen LogP contribution in [0.3, 0.4) is 0 Å². The summed E-state index contributed by atoms with van der Waals surface area (Å²) in [5.74, 6) is -2.49. The summed E-state index contributed by atoms with van der Waals surface area (Å²) in [6, 6.07) is 1.35. The number of fused-ring (bicyclic) bond motifs is 1. The number of aliphatic carboxylic acids is 1.